The van der Waals surface area contributed by atoms with E-state index in [1.165, 1.54) is 0 Å². The van der Waals surface area contributed by atoms with Crippen LogP contribution >= 0.6 is 0 Å². The summed E-state index contributed by atoms with van der Waals surface area (Å²) >= 11 is 0. The SMILES string of the molecule is C[SiH]1O[Si](C[Si](C)(C)O[Si](C)(C)O[Si](C)(C)C)O[SiH](C)O[SiH](C)O1. The Kier molecular flexibility index (Phi) is 8.72. The van der Waals surface area contributed by atoms with E-state index in [9.17, 15) is 0 Å². The van der Waals surface area contributed by atoms with Gasteiger partial charge in [0.2, 0.25) is 0 Å². The highest BCUT2D eigenvalue weighted by Crippen LogP contribution is 2.25. The molecule has 0 spiro atoms. The van der Waals surface area contributed by atoms with Gasteiger partial charge < -0.3 is 24.7 Å². The second-order valence-electron chi connectivity index (χ2n) is 8.24. The van der Waals surface area contributed by atoms with E-state index in [4.69, 9.17) is 24.7 Å². The average molecular weight is 460 g/mol. The summed E-state index contributed by atoms with van der Waals surface area (Å²) in [5, 5.41) is 0. The quantitative estimate of drug-likeness (QED) is 0.569. The predicted molar refractivity (Wildman–Crippen MR) is 114 cm³/mol. The van der Waals surface area contributed by atoms with E-state index in [1.807, 2.05) is 0 Å². The summed E-state index contributed by atoms with van der Waals surface area (Å²) in [5.74, 6) is 0. The van der Waals surface area contributed by atoms with E-state index < -0.39 is 62.3 Å². The molecule has 1 rings (SSSR count). The summed E-state index contributed by atoms with van der Waals surface area (Å²) in [6.07, 6.45) is 0. The summed E-state index contributed by atoms with van der Waals surface area (Å²) in [5.41, 5.74) is 0.889. The van der Waals surface area contributed by atoms with Crippen molar-refractivity contribution in [2.45, 2.75) is 71.1 Å². The number of rotatable bonds is 6. The maximum absolute atomic E-state index is 6.58. The van der Waals surface area contributed by atoms with Gasteiger partial charge in [0.15, 0.2) is 16.6 Å². The smallest absolute Gasteiger partial charge is 0.364 e. The molecule has 0 bridgehead atoms. The van der Waals surface area contributed by atoms with Crippen LogP contribution in [0, 0.1) is 0 Å². The van der Waals surface area contributed by atoms with Crippen molar-refractivity contribution < 1.29 is 24.7 Å². The predicted octanol–water partition coefficient (Wildman–Crippen LogP) is 2.42. The Morgan fingerprint density at radius 1 is 0.750 bits per heavy atom. The average Bonchev–Trinajstić information content (AvgIpc) is 2.18. The van der Waals surface area contributed by atoms with E-state index in [1.54, 1.807) is 0 Å². The molecular weight excluding hydrogens is 425 g/mol. The highest BCUT2D eigenvalue weighted by atomic mass is 28.5. The van der Waals surface area contributed by atoms with Crippen LogP contribution in [0.3, 0.4) is 0 Å². The van der Waals surface area contributed by atoms with Gasteiger partial charge in [0.1, 0.15) is 0 Å². The van der Waals surface area contributed by atoms with Crippen LogP contribution < -0.4 is 0 Å². The molecule has 0 aromatic carbocycles. The third-order valence-electron chi connectivity index (χ3n) is 3.01. The second-order valence-corrected chi connectivity index (χ2v) is 30.0. The van der Waals surface area contributed by atoms with Gasteiger partial charge in [-0.15, -0.1) is 0 Å². The van der Waals surface area contributed by atoms with Crippen LogP contribution in [0.25, 0.3) is 0 Å². The fourth-order valence-electron chi connectivity index (χ4n) is 2.92. The van der Waals surface area contributed by atoms with Crippen molar-refractivity contribution >= 4 is 62.3 Å². The Balaban J connectivity index is 2.70. The molecule has 2 unspecified atom stereocenters. The second kappa shape index (κ2) is 8.98. The normalized spacial score (nSPS) is 28.5. The topological polar surface area (TPSA) is 55.4 Å². The van der Waals surface area contributed by atoms with Crippen LogP contribution in [-0.4, -0.2) is 62.3 Å². The first-order valence-corrected chi connectivity index (χ1v) is 25.7. The van der Waals surface area contributed by atoms with E-state index in [-0.39, 0.29) is 0 Å². The Morgan fingerprint density at radius 3 is 1.62 bits per heavy atom. The summed E-state index contributed by atoms with van der Waals surface area (Å²) in [7, 11) is -11.9. The molecule has 1 aliphatic heterocycles. The largest absolute Gasteiger partial charge is 0.437 e. The molecular formula is C11H35O6Si7. The van der Waals surface area contributed by atoms with Crippen LogP contribution in [0.2, 0.25) is 71.1 Å². The first-order valence-electron chi connectivity index (χ1n) is 8.58. The van der Waals surface area contributed by atoms with E-state index in [0.717, 1.165) is 5.67 Å². The van der Waals surface area contributed by atoms with Crippen LogP contribution in [0.4, 0.5) is 0 Å². The zero-order valence-electron chi connectivity index (χ0n) is 16.9. The molecule has 0 amide bonds. The summed E-state index contributed by atoms with van der Waals surface area (Å²) in [6.45, 7) is 21.7. The molecule has 2 atom stereocenters. The molecule has 24 heavy (non-hydrogen) atoms. The van der Waals surface area contributed by atoms with Gasteiger partial charge in [-0.25, -0.2) is 0 Å². The van der Waals surface area contributed by atoms with Gasteiger partial charge in [-0.1, -0.05) is 0 Å². The lowest BCUT2D eigenvalue weighted by atomic mass is 11.8. The van der Waals surface area contributed by atoms with Crippen molar-refractivity contribution in [2.75, 3.05) is 0 Å². The summed E-state index contributed by atoms with van der Waals surface area (Å²) in [6, 6.07) is 0. The molecule has 0 aromatic rings. The van der Waals surface area contributed by atoms with Gasteiger partial charge >= 0.3 is 17.8 Å². The first kappa shape index (κ1) is 23.3. The van der Waals surface area contributed by atoms with Crippen LogP contribution in [0.1, 0.15) is 0 Å². The van der Waals surface area contributed by atoms with Gasteiger partial charge in [0.25, 0.3) is 27.9 Å². The Bertz CT molecular complexity index is 391. The van der Waals surface area contributed by atoms with Crippen molar-refractivity contribution in [1.82, 2.24) is 0 Å². The fraction of sp³-hybridized carbons (Fsp3) is 1.00. The lowest BCUT2D eigenvalue weighted by molar-refractivity contribution is 0.292. The van der Waals surface area contributed by atoms with Gasteiger partial charge in [0, 0.05) is 5.67 Å². The van der Waals surface area contributed by atoms with Crippen LogP contribution in [-0.2, 0) is 24.7 Å². The minimum absolute atomic E-state index is 0.889. The summed E-state index contributed by atoms with van der Waals surface area (Å²) < 4.78 is 37.2. The molecule has 1 radical (unpaired) electrons. The number of hydrogen-bond acceptors (Lipinski definition) is 6. The standard InChI is InChI=1S/C11H35O6Si7/c1-18-12-19(2)14-21(15-20(3)13-18)11-23(7,8)17-24(9,10)16-22(4,5)6/h18-20H,11H2,1-10H3. The lowest BCUT2D eigenvalue weighted by Gasteiger charge is -2.39. The molecule has 1 aliphatic rings. The maximum Gasteiger partial charge on any atom is 0.364 e. The third kappa shape index (κ3) is 9.83. The van der Waals surface area contributed by atoms with Crippen molar-refractivity contribution in [2.24, 2.45) is 0 Å². The molecule has 6 nitrogen and oxygen atoms in total. The minimum Gasteiger partial charge on any atom is -0.437 e. The maximum atomic E-state index is 6.58. The molecule has 1 fully saturated rings. The van der Waals surface area contributed by atoms with E-state index in [2.05, 4.69) is 65.5 Å². The Hall–Kier alpha value is 1.28. The van der Waals surface area contributed by atoms with Crippen molar-refractivity contribution in [1.29, 1.82) is 0 Å². The zero-order valence-corrected chi connectivity index (χ0v) is 24.4. The molecule has 0 N–H and O–H groups in total. The fourth-order valence-corrected chi connectivity index (χ4v) is 30.8. The van der Waals surface area contributed by atoms with Gasteiger partial charge in [-0.2, -0.15) is 0 Å². The van der Waals surface area contributed by atoms with Crippen LogP contribution in [0.15, 0.2) is 0 Å². The molecule has 1 saturated heterocycles. The highest BCUT2D eigenvalue weighted by Gasteiger charge is 2.42. The monoisotopic (exact) mass is 459 g/mol. The highest BCUT2D eigenvalue weighted by molar-refractivity contribution is 6.91. The van der Waals surface area contributed by atoms with Crippen LogP contribution in [0.5, 0.6) is 0 Å². The minimum atomic E-state index is -2.13. The zero-order chi connectivity index (χ0) is 18.8. The third-order valence-corrected chi connectivity index (χ3v) is 27.0. The van der Waals surface area contributed by atoms with Crippen molar-refractivity contribution in [3.8, 4) is 0 Å². The van der Waals surface area contributed by atoms with Crippen molar-refractivity contribution in [3.05, 3.63) is 0 Å². The van der Waals surface area contributed by atoms with Gasteiger partial charge in [-0.05, 0) is 65.5 Å². The number of hydrogen-bond donors (Lipinski definition) is 0. The molecule has 143 valence electrons. The van der Waals surface area contributed by atoms with Gasteiger partial charge in [0.05, 0.1) is 0 Å². The van der Waals surface area contributed by atoms with Crippen molar-refractivity contribution in [3.63, 3.8) is 0 Å². The Morgan fingerprint density at radius 2 is 1.21 bits per heavy atom. The molecule has 0 aliphatic carbocycles. The molecule has 0 aromatic heterocycles. The first-order chi connectivity index (χ1) is 10.7. The van der Waals surface area contributed by atoms with E-state index >= 15 is 0 Å². The lowest BCUT2D eigenvalue weighted by Crippen LogP contribution is -2.54. The molecule has 13 heteroatoms. The molecule has 1 heterocycles. The van der Waals surface area contributed by atoms with Gasteiger partial charge in [-0.3, -0.25) is 0 Å². The Labute approximate surface area is 158 Å². The summed E-state index contributed by atoms with van der Waals surface area (Å²) in [4.78, 5) is 0. The van der Waals surface area contributed by atoms with E-state index in [0.29, 0.717) is 0 Å². The molecule has 0 saturated carbocycles.